The third-order valence-electron chi connectivity index (χ3n) is 9.90. The van der Waals surface area contributed by atoms with E-state index in [0.29, 0.717) is 5.56 Å². The number of fused-ring (bicyclic) bond motifs is 5. The molecule has 240 valence electrons. The van der Waals surface area contributed by atoms with Crippen LogP contribution in [0.1, 0.15) is 5.56 Å². The van der Waals surface area contributed by atoms with Crippen LogP contribution in [0, 0.1) is 6.92 Å². The second-order valence-corrected chi connectivity index (χ2v) is 12.6. The maximum Gasteiger partial charge on any atom is 0.169 e. The maximum atomic E-state index is 11.2. The summed E-state index contributed by atoms with van der Waals surface area (Å²) in [5.74, 6) is -1.91. The van der Waals surface area contributed by atoms with E-state index in [-0.39, 0.29) is 11.1 Å². The summed E-state index contributed by atoms with van der Waals surface area (Å²) < 4.78 is 6.28. The summed E-state index contributed by atoms with van der Waals surface area (Å²) in [5, 5.41) is 49.2. The van der Waals surface area contributed by atoms with Gasteiger partial charge in [-0.2, -0.15) is 0 Å². The standard InChI is InChI=1S/C45H30O5/c1-25-42(46)44(48)41(45(49)43(25)47)39-32-15-7-5-13-30(32)37(31-14-6-8-16-33(31)39)28-21-19-26(20-22-28)29-23-24-36-40(34-17-9-10-18-35(34)50-36)38(29)27-11-3-2-4-12-27/h2-24,46-49H,1H3. The van der Waals surface area contributed by atoms with E-state index in [0.717, 1.165) is 76.9 Å². The molecule has 9 aromatic rings. The van der Waals surface area contributed by atoms with Crippen LogP contribution >= 0.6 is 0 Å². The Kier molecular flexibility index (Phi) is 6.58. The Morgan fingerprint density at radius 2 is 0.840 bits per heavy atom. The van der Waals surface area contributed by atoms with Crippen LogP contribution in [0.5, 0.6) is 23.0 Å². The molecule has 0 atom stereocenters. The molecule has 8 aromatic carbocycles. The molecule has 0 amide bonds. The number of aromatic hydroxyl groups is 4. The van der Waals surface area contributed by atoms with Crippen molar-refractivity contribution in [1.82, 2.24) is 0 Å². The SMILES string of the molecule is Cc1c(O)c(O)c(-c2c3ccccc3c(-c3ccc(-c4ccc5oc6ccccc6c5c4-c4ccccc4)cc3)c3ccccc23)c(O)c1O. The van der Waals surface area contributed by atoms with E-state index in [1.54, 1.807) is 0 Å². The molecule has 0 radical (unpaired) electrons. The second-order valence-electron chi connectivity index (χ2n) is 12.6. The van der Waals surface area contributed by atoms with Crippen molar-refractivity contribution in [3.8, 4) is 67.5 Å². The molecule has 5 heteroatoms. The Labute approximate surface area is 287 Å². The minimum absolute atomic E-state index is 0.00426. The van der Waals surface area contributed by atoms with Crippen LogP contribution in [0.15, 0.2) is 144 Å². The molecule has 0 unspecified atom stereocenters. The van der Waals surface area contributed by atoms with Crippen LogP contribution in [0.4, 0.5) is 0 Å². The van der Waals surface area contributed by atoms with Crippen molar-refractivity contribution < 1.29 is 24.8 Å². The van der Waals surface area contributed by atoms with Crippen LogP contribution in [0.3, 0.4) is 0 Å². The van der Waals surface area contributed by atoms with Crippen molar-refractivity contribution in [3.63, 3.8) is 0 Å². The number of phenols is 4. The molecule has 0 bridgehead atoms. The lowest BCUT2D eigenvalue weighted by Gasteiger charge is -2.20. The molecular formula is C45H30O5. The molecular weight excluding hydrogens is 620 g/mol. The first-order valence-electron chi connectivity index (χ1n) is 16.4. The Morgan fingerprint density at radius 1 is 0.360 bits per heavy atom. The van der Waals surface area contributed by atoms with Gasteiger partial charge in [0.05, 0.1) is 5.56 Å². The largest absolute Gasteiger partial charge is 0.504 e. The number of para-hydroxylation sites is 1. The number of benzene rings is 8. The predicted molar refractivity (Wildman–Crippen MR) is 202 cm³/mol. The van der Waals surface area contributed by atoms with Crippen molar-refractivity contribution in [2.45, 2.75) is 6.92 Å². The normalized spacial score (nSPS) is 11.6. The average molecular weight is 651 g/mol. The fourth-order valence-corrected chi connectivity index (χ4v) is 7.54. The van der Waals surface area contributed by atoms with Gasteiger partial charge in [0.1, 0.15) is 11.2 Å². The average Bonchev–Trinajstić information content (AvgIpc) is 3.55. The van der Waals surface area contributed by atoms with Gasteiger partial charge in [-0.25, -0.2) is 0 Å². The summed E-state index contributed by atoms with van der Waals surface area (Å²) in [7, 11) is 0. The third-order valence-corrected chi connectivity index (χ3v) is 9.90. The van der Waals surface area contributed by atoms with Gasteiger partial charge in [0, 0.05) is 27.5 Å². The molecule has 0 spiro atoms. The van der Waals surface area contributed by atoms with Crippen molar-refractivity contribution in [2.24, 2.45) is 0 Å². The van der Waals surface area contributed by atoms with E-state index in [4.69, 9.17) is 4.42 Å². The van der Waals surface area contributed by atoms with E-state index in [2.05, 4.69) is 66.7 Å². The summed E-state index contributed by atoms with van der Waals surface area (Å²) >= 11 is 0. The quantitative estimate of drug-likeness (QED) is 0.0864. The fourth-order valence-electron chi connectivity index (χ4n) is 7.54. The van der Waals surface area contributed by atoms with Gasteiger partial charge < -0.3 is 24.8 Å². The van der Waals surface area contributed by atoms with Crippen LogP contribution in [0.25, 0.3) is 88.0 Å². The van der Waals surface area contributed by atoms with Crippen molar-refractivity contribution in [1.29, 1.82) is 0 Å². The molecule has 50 heavy (non-hydrogen) atoms. The molecule has 9 rings (SSSR count). The monoisotopic (exact) mass is 650 g/mol. The lowest BCUT2D eigenvalue weighted by atomic mass is 9.84. The van der Waals surface area contributed by atoms with Crippen LogP contribution in [-0.2, 0) is 0 Å². The van der Waals surface area contributed by atoms with E-state index in [1.807, 2.05) is 72.8 Å². The van der Waals surface area contributed by atoms with Crippen LogP contribution in [0.2, 0.25) is 0 Å². The van der Waals surface area contributed by atoms with Gasteiger partial charge in [-0.15, -0.1) is 0 Å². The summed E-state index contributed by atoms with van der Waals surface area (Å²) in [4.78, 5) is 0. The third kappa shape index (κ3) is 4.27. The van der Waals surface area contributed by atoms with Gasteiger partial charge in [0.25, 0.3) is 0 Å². The zero-order chi connectivity index (χ0) is 34.1. The summed E-state index contributed by atoms with van der Waals surface area (Å²) in [5.41, 5.74) is 8.56. The van der Waals surface area contributed by atoms with Gasteiger partial charge in [0.2, 0.25) is 0 Å². The molecule has 5 nitrogen and oxygen atoms in total. The van der Waals surface area contributed by atoms with Crippen molar-refractivity contribution >= 4 is 43.5 Å². The highest BCUT2D eigenvalue weighted by molar-refractivity contribution is 6.23. The van der Waals surface area contributed by atoms with E-state index in [9.17, 15) is 20.4 Å². The lowest BCUT2D eigenvalue weighted by molar-refractivity contribution is 0.371. The molecule has 1 aromatic heterocycles. The van der Waals surface area contributed by atoms with Gasteiger partial charge in [-0.1, -0.05) is 127 Å². The number of hydrogen-bond donors (Lipinski definition) is 4. The molecule has 0 aliphatic heterocycles. The lowest BCUT2D eigenvalue weighted by Crippen LogP contribution is -1.93. The van der Waals surface area contributed by atoms with Gasteiger partial charge in [-0.05, 0) is 68.4 Å². The zero-order valence-corrected chi connectivity index (χ0v) is 27.0. The van der Waals surface area contributed by atoms with Gasteiger partial charge in [-0.3, -0.25) is 0 Å². The molecule has 1 heterocycles. The molecule has 0 aliphatic carbocycles. The van der Waals surface area contributed by atoms with E-state index in [1.165, 1.54) is 6.92 Å². The maximum absolute atomic E-state index is 11.2. The minimum Gasteiger partial charge on any atom is -0.504 e. The predicted octanol–water partition coefficient (Wildman–Crippen LogP) is 11.7. The second kappa shape index (κ2) is 11.2. The van der Waals surface area contributed by atoms with Crippen LogP contribution < -0.4 is 0 Å². The first kappa shape index (κ1) is 29.4. The number of phenolic OH excluding ortho intramolecular Hbond substituents is 4. The first-order valence-corrected chi connectivity index (χ1v) is 16.4. The van der Waals surface area contributed by atoms with Gasteiger partial charge in [0.15, 0.2) is 23.0 Å². The zero-order valence-electron chi connectivity index (χ0n) is 27.0. The number of hydrogen-bond acceptors (Lipinski definition) is 5. The van der Waals surface area contributed by atoms with Crippen molar-refractivity contribution in [2.75, 3.05) is 0 Å². The Morgan fingerprint density at radius 3 is 1.44 bits per heavy atom. The molecule has 0 fully saturated rings. The Balaban J connectivity index is 1.28. The summed E-state index contributed by atoms with van der Waals surface area (Å²) in [6.07, 6.45) is 0. The first-order chi connectivity index (χ1) is 24.4. The molecule has 4 N–H and O–H groups in total. The highest BCUT2D eigenvalue weighted by Crippen LogP contribution is 2.55. The Hall–Kier alpha value is -6.72. The van der Waals surface area contributed by atoms with Crippen LogP contribution in [-0.4, -0.2) is 20.4 Å². The highest BCUT2D eigenvalue weighted by atomic mass is 16.3. The van der Waals surface area contributed by atoms with E-state index >= 15 is 0 Å². The molecule has 0 saturated heterocycles. The highest BCUT2D eigenvalue weighted by Gasteiger charge is 2.26. The Bertz CT molecular complexity index is 2710. The number of rotatable bonds is 4. The summed E-state index contributed by atoms with van der Waals surface area (Å²) in [6.45, 7) is 1.44. The fraction of sp³-hybridized carbons (Fsp3) is 0.0222. The van der Waals surface area contributed by atoms with Gasteiger partial charge >= 0.3 is 0 Å². The topological polar surface area (TPSA) is 94.1 Å². The molecule has 0 aliphatic rings. The molecule has 0 saturated carbocycles. The van der Waals surface area contributed by atoms with Crippen molar-refractivity contribution in [3.05, 3.63) is 145 Å². The minimum atomic E-state index is -0.484. The smallest absolute Gasteiger partial charge is 0.169 e. The summed E-state index contributed by atoms with van der Waals surface area (Å²) in [6, 6.07) is 46.9. The number of furan rings is 1. The van der Waals surface area contributed by atoms with E-state index < -0.39 is 23.0 Å².